The largest absolute Gasteiger partial charge is 0.467 e. The van der Waals surface area contributed by atoms with Gasteiger partial charge in [-0.05, 0) is 38.5 Å². The van der Waals surface area contributed by atoms with E-state index in [0.717, 1.165) is 21.0 Å². The van der Waals surface area contributed by atoms with Crippen molar-refractivity contribution in [1.29, 1.82) is 0 Å². The minimum absolute atomic E-state index is 0.0403. The molecule has 0 aliphatic carbocycles. The topological polar surface area (TPSA) is 213 Å². The number of hydrogen-bond acceptors (Lipinski definition) is 15. The maximum Gasteiger partial charge on any atom is 0.431 e. The van der Waals surface area contributed by atoms with Crippen molar-refractivity contribution in [3.8, 4) is 5.75 Å². The van der Waals surface area contributed by atoms with Gasteiger partial charge in [-0.3, -0.25) is 19.2 Å². The Kier molecular flexibility index (Phi) is 16.3. The molecule has 1 aliphatic heterocycles. The summed E-state index contributed by atoms with van der Waals surface area (Å²) in [6.45, 7) is 8.13. The maximum absolute atomic E-state index is 13.1. The molecular formula is C30H44N2O15. The fourth-order valence-corrected chi connectivity index (χ4v) is 4.12. The Morgan fingerprint density at radius 1 is 0.957 bits per heavy atom. The van der Waals surface area contributed by atoms with E-state index < -0.39 is 60.1 Å². The van der Waals surface area contributed by atoms with Crippen LogP contribution in [0.2, 0.25) is 0 Å². The summed E-state index contributed by atoms with van der Waals surface area (Å²) < 4.78 is 42.8. The smallest absolute Gasteiger partial charge is 0.431 e. The number of hydroxylamine groups is 1. The van der Waals surface area contributed by atoms with Gasteiger partial charge in [-0.1, -0.05) is 6.07 Å². The van der Waals surface area contributed by atoms with E-state index in [2.05, 4.69) is 10.8 Å². The number of aliphatic hydroxyl groups is 1. The lowest BCUT2D eigenvalue weighted by Gasteiger charge is -2.38. The number of ether oxygens (including phenoxy) is 8. The van der Waals surface area contributed by atoms with Crippen LogP contribution in [-0.4, -0.2) is 112 Å². The van der Waals surface area contributed by atoms with E-state index in [4.69, 9.17) is 42.7 Å². The van der Waals surface area contributed by atoms with Gasteiger partial charge in [-0.25, -0.2) is 9.59 Å². The molecule has 0 unspecified atom stereocenters. The second kappa shape index (κ2) is 19.6. The summed E-state index contributed by atoms with van der Waals surface area (Å²) in [5.41, 5.74) is 1.97. The number of amides is 2. The highest BCUT2D eigenvalue weighted by Gasteiger charge is 2.48. The van der Waals surface area contributed by atoms with E-state index in [9.17, 15) is 29.1 Å². The number of benzene rings is 1. The number of rotatable bonds is 17. The van der Waals surface area contributed by atoms with Crippen LogP contribution in [0.1, 0.15) is 57.0 Å². The van der Waals surface area contributed by atoms with Gasteiger partial charge in [-0.2, -0.15) is 5.48 Å². The quantitative estimate of drug-likeness (QED) is 0.0909. The van der Waals surface area contributed by atoms with E-state index in [0.29, 0.717) is 5.56 Å². The zero-order chi connectivity index (χ0) is 35.0. The zero-order valence-electron chi connectivity index (χ0n) is 27.4. The molecule has 3 N–H and O–H groups in total. The number of carbonyl (C=O) groups excluding carboxylic acids is 5. The molecule has 1 aromatic rings. The number of methoxy groups -OCH3 is 1. The summed E-state index contributed by atoms with van der Waals surface area (Å²) in [5.74, 6) is -2.85. The molecule has 1 fully saturated rings. The van der Waals surface area contributed by atoms with Crippen LogP contribution in [0.5, 0.6) is 5.75 Å². The lowest BCUT2D eigenvalue weighted by molar-refractivity contribution is -0.241. The molecule has 4 atom stereocenters. The summed E-state index contributed by atoms with van der Waals surface area (Å²) in [5, 5.41) is 12.3. The Balaban J connectivity index is 1.90. The third-order valence-electron chi connectivity index (χ3n) is 5.96. The van der Waals surface area contributed by atoms with Crippen LogP contribution in [0.3, 0.4) is 0 Å². The standard InChI is InChI=1S/C30H44N2O15/c1-18(34)43-23-16-24(46-26(28(37)39-6)25(23)44-19(2)35)45-22-8-7-20(17-33)15-21(22)27(36)31-9-10-40-11-12-41-13-14-42-32-29(38)47-30(3,4)5/h7-8,15,23-26,33H,9-14,16-17H2,1-6H3,(H,31,36)(H,32,38)/t23-,24-,25+,26+/m1/s1. The highest BCUT2D eigenvalue weighted by molar-refractivity contribution is 5.97. The highest BCUT2D eigenvalue weighted by Crippen LogP contribution is 2.30. The van der Waals surface area contributed by atoms with E-state index in [1.165, 1.54) is 18.2 Å². The molecule has 1 saturated heterocycles. The van der Waals surface area contributed by atoms with Crippen LogP contribution < -0.4 is 15.5 Å². The van der Waals surface area contributed by atoms with Crippen LogP contribution in [0.4, 0.5) is 4.79 Å². The molecule has 0 saturated carbocycles. The summed E-state index contributed by atoms with van der Waals surface area (Å²) in [4.78, 5) is 65.5. The molecule has 1 aromatic carbocycles. The van der Waals surface area contributed by atoms with Crippen molar-refractivity contribution in [2.24, 2.45) is 0 Å². The molecule has 2 rings (SSSR count). The van der Waals surface area contributed by atoms with Gasteiger partial charge in [0.15, 0.2) is 12.2 Å². The molecule has 1 heterocycles. The van der Waals surface area contributed by atoms with Gasteiger partial charge in [0.1, 0.15) is 17.5 Å². The lowest BCUT2D eigenvalue weighted by atomic mass is 10.0. The van der Waals surface area contributed by atoms with E-state index in [1.807, 2.05) is 0 Å². The van der Waals surface area contributed by atoms with Crippen molar-refractivity contribution in [2.75, 3.05) is 46.7 Å². The third-order valence-corrected chi connectivity index (χ3v) is 5.96. The van der Waals surface area contributed by atoms with Crippen LogP contribution in [0.25, 0.3) is 0 Å². The normalized spacial score (nSPS) is 19.2. The molecule has 0 aromatic heterocycles. The minimum Gasteiger partial charge on any atom is -0.467 e. The Morgan fingerprint density at radius 3 is 2.23 bits per heavy atom. The number of carbonyl (C=O) groups is 5. The van der Waals surface area contributed by atoms with Gasteiger partial charge in [0, 0.05) is 20.4 Å². The molecule has 0 bridgehead atoms. The van der Waals surface area contributed by atoms with Crippen LogP contribution in [-0.2, 0) is 59.0 Å². The van der Waals surface area contributed by atoms with Crippen molar-refractivity contribution in [3.63, 3.8) is 0 Å². The monoisotopic (exact) mass is 672 g/mol. The molecule has 1 aliphatic rings. The van der Waals surface area contributed by atoms with E-state index in [-0.39, 0.29) is 63.9 Å². The number of nitrogens with one attached hydrogen (secondary N) is 2. The SMILES string of the molecule is COC(=O)[C@H]1O[C@@H](Oc2ccc(CO)cc2C(=O)NCCOCCOCCONC(=O)OC(C)(C)C)C[C@@H](OC(C)=O)[C@@H]1OC(C)=O. The summed E-state index contributed by atoms with van der Waals surface area (Å²) in [6, 6.07) is 4.39. The molecule has 17 nitrogen and oxygen atoms in total. The first-order valence-electron chi connectivity index (χ1n) is 14.8. The van der Waals surface area contributed by atoms with Gasteiger partial charge < -0.3 is 48.3 Å². The average molecular weight is 673 g/mol. The Hall–Kier alpha value is -4.03. The van der Waals surface area contributed by atoms with Crippen molar-refractivity contribution in [1.82, 2.24) is 10.8 Å². The fourth-order valence-electron chi connectivity index (χ4n) is 4.12. The van der Waals surface area contributed by atoms with Crippen molar-refractivity contribution < 1.29 is 71.8 Å². The summed E-state index contributed by atoms with van der Waals surface area (Å²) >= 11 is 0. The van der Waals surface area contributed by atoms with E-state index >= 15 is 0 Å². The molecule has 47 heavy (non-hydrogen) atoms. The molecular weight excluding hydrogens is 628 g/mol. The first-order chi connectivity index (χ1) is 22.2. The van der Waals surface area contributed by atoms with Gasteiger partial charge >= 0.3 is 24.0 Å². The van der Waals surface area contributed by atoms with Crippen molar-refractivity contribution >= 4 is 29.9 Å². The van der Waals surface area contributed by atoms with Gasteiger partial charge in [0.25, 0.3) is 5.91 Å². The minimum atomic E-state index is -1.50. The number of aliphatic hydroxyl groups excluding tert-OH is 1. The maximum atomic E-state index is 13.1. The van der Waals surface area contributed by atoms with Gasteiger partial charge in [-0.15, -0.1) is 0 Å². The number of esters is 3. The van der Waals surface area contributed by atoms with Gasteiger partial charge in [0.05, 0.1) is 58.7 Å². The first-order valence-corrected chi connectivity index (χ1v) is 14.8. The Labute approximate surface area is 272 Å². The van der Waals surface area contributed by atoms with Crippen LogP contribution in [0.15, 0.2) is 18.2 Å². The van der Waals surface area contributed by atoms with Crippen molar-refractivity contribution in [3.05, 3.63) is 29.3 Å². The van der Waals surface area contributed by atoms with Crippen LogP contribution >= 0.6 is 0 Å². The second-order valence-electron chi connectivity index (χ2n) is 11.0. The predicted octanol–water partition coefficient (Wildman–Crippen LogP) is 0.928. The summed E-state index contributed by atoms with van der Waals surface area (Å²) in [7, 11) is 1.11. The lowest BCUT2D eigenvalue weighted by Crippen LogP contribution is -2.56. The predicted molar refractivity (Wildman–Crippen MR) is 159 cm³/mol. The van der Waals surface area contributed by atoms with Gasteiger partial charge in [0.2, 0.25) is 6.29 Å². The Morgan fingerprint density at radius 2 is 1.62 bits per heavy atom. The summed E-state index contributed by atoms with van der Waals surface area (Å²) in [6.07, 6.45) is -6.02. The first kappa shape index (κ1) is 39.1. The molecule has 17 heteroatoms. The third kappa shape index (κ3) is 14.5. The molecule has 2 amide bonds. The second-order valence-corrected chi connectivity index (χ2v) is 11.0. The average Bonchev–Trinajstić information content (AvgIpc) is 2.99. The van der Waals surface area contributed by atoms with E-state index in [1.54, 1.807) is 20.8 Å². The molecule has 0 spiro atoms. The Bertz CT molecular complexity index is 1200. The van der Waals surface area contributed by atoms with Crippen LogP contribution in [0, 0.1) is 0 Å². The molecule has 264 valence electrons. The molecule has 0 radical (unpaired) electrons. The zero-order valence-corrected chi connectivity index (χ0v) is 27.4. The highest BCUT2D eigenvalue weighted by atomic mass is 16.7. The fraction of sp³-hybridized carbons (Fsp3) is 0.633. The van der Waals surface area contributed by atoms with Crippen molar-refractivity contribution in [2.45, 2.75) is 77.8 Å². The number of hydrogen-bond donors (Lipinski definition) is 3.